The highest BCUT2D eigenvalue weighted by atomic mass is 35.5. The van der Waals surface area contributed by atoms with Crippen molar-refractivity contribution < 1.29 is 30.0 Å². The first kappa shape index (κ1) is 26.7. The number of hydrogen-bond donors (Lipinski definition) is 5. The Morgan fingerprint density at radius 3 is 2.28 bits per heavy atom. The van der Waals surface area contributed by atoms with Crippen molar-refractivity contribution >= 4 is 23.4 Å². The van der Waals surface area contributed by atoms with Crippen LogP contribution in [0.5, 0.6) is 23.0 Å². The number of carbonyl (C=O) groups excluding carboxylic acids is 2. The van der Waals surface area contributed by atoms with E-state index in [1.54, 1.807) is 30.3 Å². The van der Waals surface area contributed by atoms with Gasteiger partial charge in [-0.15, -0.1) is 0 Å². The van der Waals surface area contributed by atoms with Gasteiger partial charge in [0, 0.05) is 12.5 Å². The molecule has 204 valence electrons. The van der Waals surface area contributed by atoms with Crippen LogP contribution in [0.15, 0.2) is 54.6 Å². The molecule has 1 fully saturated rings. The van der Waals surface area contributed by atoms with Crippen molar-refractivity contribution in [3.05, 3.63) is 81.9 Å². The molecule has 0 unspecified atom stereocenters. The monoisotopic (exact) mass is 550 g/mol. The molecule has 1 heterocycles. The Kier molecular flexibility index (Phi) is 7.57. The van der Waals surface area contributed by atoms with Gasteiger partial charge in [0.2, 0.25) is 5.91 Å². The summed E-state index contributed by atoms with van der Waals surface area (Å²) in [7, 11) is 0. The summed E-state index contributed by atoms with van der Waals surface area (Å²) in [6, 6.07) is 12.2. The minimum Gasteiger partial charge on any atom is -0.504 e. The van der Waals surface area contributed by atoms with Crippen molar-refractivity contribution in [1.82, 2.24) is 10.2 Å². The van der Waals surface area contributed by atoms with E-state index in [1.165, 1.54) is 29.2 Å². The largest absolute Gasteiger partial charge is 0.504 e. The minimum absolute atomic E-state index is 0.0191. The number of halogens is 1. The third-order valence-electron chi connectivity index (χ3n) is 7.74. The van der Waals surface area contributed by atoms with E-state index in [2.05, 4.69) is 5.32 Å². The van der Waals surface area contributed by atoms with Crippen LogP contribution in [0.25, 0.3) is 0 Å². The van der Waals surface area contributed by atoms with E-state index in [0.717, 1.165) is 32.1 Å². The second-order valence-electron chi connectivity index (χ2n) is 10.3. The first-order chi connectivity index (χ1) is 18.7. The van der Waals surface area contributed by atoms with Gasteiger partial charge in [0.05, 0.1) is 16.6 Å². The van der Waals surface area contributed by atoms with E-state index in [9.17, 15) is 30.0 Å². The SMILES string of the molecule is O=C(NC1CCCCC1)[C@@H]1Cc2cc(O)c(O)cc2[C@H](Cc2ccc(O)c(O)c2)N1C(=O)c1ccccc1Cl. The molecular weight excluding hydrogens is 520 g/mol. The lowest BCUT2D eigenvalue weighted by molar-refractivity contribution is -0.127. The van der Waals surface area contributed by atoms with E-state index in [4.69, 9.17) is 11.6 Å². The Bertz CT molecular complexity index is 1400. The number of amides is 2. The van der Waals surface area contributed by atoms with Crippen LogP contribution in [0.4, 0.5) is 0 Å². The van der Waals surface area contributed by atoms with Gasteiger partial charge < -0.3 is 30.6 Å². The molecule has 9 heteroatoms. The average Bonchev–Trinajstić information content (AvgIpc) is 2.92. The number of rotatable bonds is 5. The zero-order chi connectivity index (χ0) is 27.7. The van der Waals surface area contributed by atoms with Crippen LogP contribution in [0.2, 0.25) is 5.02 Å². The van der Waals surface area contributed by atoms with Crippen LogP contribution < -0.4 is 5.32 Å². The predicted octanol–water partition coefficient (Wildman–Crippen LogP) is 4.96. The highest BCUT2D eigenvalue weighted by molar-refractivity contribution is 6.33. The van der Waals surface area contributed by atoms with Gasteiger partial charge in [-0.3, -0.25) is 9.59 Å². The van der Waals surface area contributed by atoms with Crippen molar-refractivity contribution in [2.75, 3.05) is 0 Å². The molecule has 1 aliphatic carbocycles. The summed E-state index contributed by atoms with van der Waals surface area (Å²) < 4.78 is 0. The number of phenolic OH excluding ortho intramolecular Hbond substituents is 4. The highest BCUT2D eigenvalue weighted by Crippen LogP contribution is 2.42. The normalized spacial score (nSPS) is 19.4. The molecule has 5 N–H and O–H groups in total. The Hall–Kier alpha value is -3.91. The predicted molar refractivity (Wildman–Crippen MR) is 146 cm³/mol. The Balaban J connectivity index is 1.62. The van der Waals surface area contributed by atoms with Crippen molar-refractivity contribution in [2.45, 2.75) is 63.1 Å². The topological polar surface area (TPSA) is 130 Å². The molecule has 0 aromatic heterocycles. The number of fused-ring (bicyclic) bond motifs is 1. The zero-order valence-electron chi connectivity index (χ0n) is 21.3. The van der Waals surface area contributed by atoms with Crippen molar-refractivity contribution in [1.29, 1.82) is 0 Å². The third kappa shape index (κ3) is 5.47. The molecule has 3 aromatic rings. The lowest BCUT2D eigenvalue weighted by Gasteiger charge is -2.43. The third-order valence-corrected chi connectivity index (χ3v) is 8.07. The van der Waals surface area contributed by atoms with Crippen molar-refractivity contribution in [3.63, 3.8) is 0 Å². The van der Waals surface area contributed by atoms with Gasteiger partial charge in [0.15, 0.2) is 23.0 Å². The smallest absolute Gasteiger partial charge is 0.256 e. The van der Waals surface area contributed by atoms with E-state index in [1.807, 2.05) is 0 Å². The van der Waals surface area contributed by atoms with Gasteiger partial charge >= 0.3 is 0 Å². The minimum atomic E-state index is -0.914. The van der Waals surface area contributed by atoms with Gasteiger partial charge in [0.25, 0.3) is 5.91 Å². The maximum atomic E-state index is 14.2. The lowest BCUT2D eigenvalue weighted by atomic mass is 9.83. The summed E-state index contributed by atoms with van der Waals surface area (Å²) in [6.45, 7) is 0. The lowest BCUT2D eigenvalue weighted by Crippen LogP contribution is -2.56. The summed E-state index contributed by atoms with van der Waals surface area (Å²) in [5.74, 6) is -1.99. The van der Waals surface area contributed by atoms with Crippen LogP contribution in [-0.2, 0) is 17.6 Å². The number of phenols is 4. The van der Waals surface area contributed by atoms with Crippen LogP contribution in [0, 0.1) is 0 Å². The number of hydrogen-bond acceptors (Lipinski definition) is 6. The first-order valence-electron chi connectivity index (χ1n) is 13.2. The van der Waals surface area contributed by atoms with E-state index >= 15 is 0 Å². The second kappa shape index (κ2) is 11.1. The van der Waals surface area contributed by atoms with Crippen LogP contribution in [0.1, 0.15) is 65.2 Å². The Labute approximate surface area is 231 Å². The van der Waals surface area contributed by atoms with Crippen LogP contribution >= 0.6 is 11.6 Å². The summed E-state index contributed by atoms with van der Waals surface area (Å²) in [5.41, 5.74) is 2.03. The molecular formula is C30H31ClN2O6. The zero-order valence-corrected chi connectivity index (χ0v) is 22.1. The van der Waals surface area contributed by atoms with Crippen LogP contribution in [0.3, 0.4) is 0 Å². The fourth-order valence-corrected chi connectivity index (χ4v) is 5.96. The quantitative estimate of drug-likeness (QED) is 0.285. The van der Waals surface area contributed by atoms with Gasteiger partial charge in [-0.1, -0.05) is 49.1 Å². The fraction of sp³-hybridized carbons (Fsp3) is 0.333. The number of nitrogens with one attached hydrogen (secondary N) is 1. The maximum Gasteiger partial charge on any atom is 0.256 e. The van der Waals surface area contributed by atoms with E-state index < -0.39 is 18.0 Å². The first-order valence-corrected chi connectivity index (χ1v) is 13.5. The summed E-state index contributed by atoms with van der Waals surface area (Å²) in [4.78, 5) is 29.5. The summed E-state index contributed by atoms with van der Waals surface area (Å²) >= 11 is 6.43. The van der Waals surface area contributed by atoms with Crippen LogP contribution in [-0.4, -0.2) is 49.2 Å². The van der Waals surface area contributed by atoms with Crippen molar-refractivity contribution in [2.24, 2.45) is 0 Å². The molecule has 39 heavy (non-hydrogen) atoms. The van der Waals surface area contributed by atoms with Gasteiger partial charge in [-0.25, -0.2) is 0 Å². The molecule has 0 spiro atoms. The number of carbonyl (C=O) groups is 2. The molecule has 3 aromatic carbocycles. The summed E-state index contributed by atoms with van der Waals surface area (Å²) in [5, 5.41) is 44.0. The van der Waals surface area contributed by atoms with E-state index in [0.29, 0.717) is 16.7 Å². The second-order valence-corrected chi connectivity index (χ2v) is 10.7. The standard InChI is InChI=1S/C30H31ClN2O6/c31-22-9-5-4-8-20(22)30(39)33-23(12-17-10-11-25(34)26(35)13-17)21-16-28(37)27(36)15-18(21)14-24(33)29(38)32-19-6-2-1-3-7-19/h4-5,8-11,13,15-16,19,23-24,34-37H,1-3,6-7,12,14H2,(H,32,38)/t23-,24-/m0/s1. The molecule has 2 aliphatic rings. The molecule has 8 nitrogen and oxygen atoms in total. The maximum absolute atomic E-state index is 14.2. The fourth-order valence-electron chi connectivity index (χ4n) is 5.74. The molecule has 0 bridgehead atoms. The molecule has 0 saturated heterocycles. The van der Waals surface area contributed by atoms with Gasteiger partial charge in [0.1, 0.15) is 6.04 Å². The molecule has 2 amide bonds. The molecule has 5 rings (SSSR count). The molecule has 1 aliphatic heterocycles. The highest BCUT2D eigenvalue weighted by Gasteiger charge is 2.43. The number of benzene rings is 3. The van der Waals surface area contributed by atoms with Gasteiger partial charge in [-0.05, 0) is 72.4 Å². The Morgan fingerprint density at radius 2 is 1.56 bits per heavy atom. The van der Waals surface area contributed by atoms with E-state index in [-0.39, 0.29) is 58.4 Å². The van der Waals surface area contributed by atoms with Crippen molar-refractivity contribution in [3.8, 4) is 23.0 Å². The number of nitrogens with zero attached hydrogens (tertiary/aromatic N) is 1. The Morgan fingerprint density at radius 1 is 0.872 bits per heavy atom. The average molecular weight is 551 g/mol. The molecule has 0 radical (unpaired) electrons. The molecule has 2 atom stereocenters. The molecule has 1 saturated carbocycles. The van der Waals surface area contributed by atoms with Gasteiger partial charge in [-0.2, -0.15) is 0 Å². The summed E-state index contributed by atoms with van der Waals surface area (Å²) in [6.07, 6.45) is 5.23. The number of aromatic hydroxyl groups is 4.